The van der Waals surface area contributed by atoms with Gasteiger partial charge in [-0.15, -0.1) is 0 Å². The summed E-state index contributed by atoms with van der Waals surface area (Å²) in [6, 6.07) is 5.09. The third-order valence-corrected chi connectivity index (χ3v) is 2.13. The van der Waals surface area contributed by atoms with E-state index in [-0.39, 0.29) is 12.7 Å². The van der Waals surface area contributed by atoms with Crippen LogP contribution in [0.5, 0.6) is 0 Å². The first-order valence-corrected chi connectivity index (χ1v) is 5.80. The molecule has 0 spiro atoms. The Hall–Kier alpha value is -0.940. The van der Waals surface area contributed by atoms with Crippen LogP contribution in [0.3, 0.4) is 0 Å². The van der Waals surface area contributed by atoms with Crippen LogP contribution in [0.15, 0.2) is 22.8 Å². The number of hydrogen-bond acceptors (Lipinski definition) is 4. The highest BCUT2D eigenvalue weighted by Gasteiger charge is 2.08. The van der Waals surface area contributed by atoms with Gasteiger partial charge < -0.3 is 9.47 Å². The number of carbonyl (C=O) groups is 1. The Kier molecular flexibility index (Phi) is 5.42. The lowest BCUT2D eigenvalue weighted by Crippen LogP contribution is -2.14. The van der Waals surface area contributed by atoms with Crippen LogP contribution in [0.1, 0.15) is 24.3 Å². The fraction of sp³-hybridized carbons (Fsp3) is 0.455. The van der Waals surface area contributed by atoms with Gasteiger partial charge in [0.05, 0.1) is 12.7 Å². The zero-order valence-electron chi connectivity index (χ0n) is 9.27. The second-order valence-electron chi connectivity index (χ2n) is 3.40. The van der Waals surface area contributed by atoms with Crippen molar-refractivity contribution in [1.29, 1.82) is 0 Å². The minimum absolute atomic E-state index is 0.141. The number of nitrogens with zero attached hydrogens (tertiary/aromatic N) is 1. The van der Waals surface area contributed by atoms with Crippen molar-refractivity contribution < 1.29 is 14.3 Å². The summed E-state index contributed by atoms with van der Waals surface area (Å²) in [5, 5.41) is 0. The van der Waals surface area contributed by atoms with E-state index < -0.39 is 5.97 Å². The Morgan fingerprint density at radius 2 is 2.19 bits per heavy atom. The normalized spacial score (nSPS) is 10.5. The molecule has 0 atom stereocenters. The molecule has 0 aliphatic heterocycles. The van der Waals surface area contributed by atoms with Gasteiger partial charge in [0.25, 0.3) is 0 Å². The molecule has 0 aliphatic rings. The fourth-order valence-corrected chi connectivity index (χ4v) is 1.36. The molecule has 0 saturated heterocycles. The number of ether oxygens (including phenoxy) is 2. The van der Waals surface area contributed by atoms with Gasteiger partial charge in [0, 0.05) is 0 Å². The van der Waals surface area contributed by atoms with Crippen molar-refractivity contribution in [2.24, 2.45) is 0 Å². The van der Waals surface area contributed by atoms with Crippen molar-refractivity contribution in [2.45, 2.75) is 20.0 Å². The topological polar surface area (TPSA) is 48.4 Å². The maximum absolute atomic E-state index is 11.5. The van der Waals surface area contributed by atoms with Crippen molar-refractivity contribution >= 4 is 21.9 Å². The van der Waals surface area contributed by atoms with Crippen LogP contribution >= 0.6 is 15.9 Å². The van der Waals surface area contributed by atoms with E-state index in [2.05, 4.69) is 20.9 Å². The average Bonchev–Trinajstić information content (AvgIpc) is 2.24. The summed E-state index contributed by atoms with van der Waals surface area (Å²) in [5.41, 5.74) is 0.291. The van der Waals surface area contributed by atoms with E-state index in [9.17, 15) is 4.79 Å². The zero-order valence-corrected chi connectivity index (χ0v) is 10.9. The number of pyridine rings is 1. The van der Waals surface area contributed by atoms with Crippen LogP contribution in [-0.2, 0) is 9.47 Å². The van der Waals surface area contributed by atoms with E-state index in [0.29, 0.717) is 16.9 Å². The molecule has 0 fully saturated rings. The molecule has 5 heteroatoms. The maximum Gasteiger partial charge on any atom is 0.357 e. The molecule has 1 heterocycles. The van der Waals surface area contributed by atoms with E-state index in [1.807, 2.05) is 13.8 Å². The second kappa shape index (κ2) is 6.60. The number of rotatable bonds is 5. The van der Waals surface area contributed by atoms with E-state index >= 15 is 0 Å². The third-order valence-electron chi connectivity index (χ3n) is 1.69. The third kappa shape index (κ3) is 4.72. The molecule has 1 aromatic rings. The standard InChI is InChI=1S/C11H14BrNO3/c1-8(2)15-6-7-16-11(14)9-4-3-5-10(12)13-9/h3-5,8H,6-7H2,1-2H3. The summed E-state index contributed by atoms with van der Waals surface area (Å²) in [6.07, 6.45) is 0.141. The van der Waals surface area contributed by atoms with Crippen molar-refractivity contribution in [3.8, 4) is 0 Å². The Morgan fingerprint density at radius 1 is 1.44 bits per heavy atom. The van der Waals surface area contributed by atoms with Gasteiger partial charge in [-0.25, -0.2) is 9.78 Å². The lowest BCUT2D eigenvalue weighted by Gasteiger charge is -2.07. The van der Waals surface area contributed by atoms with Gasteiger partial charge in [-0.1, -0.05) is 6.07 Å². The average molecular weight is 288 g/mol. The van der Waals surface area contributed by atoms with Crippen molar-refractivity contribution in [1.82, 2.24) is 4.98 Å². The van der Waals surface area contributed by atoms with Gasteiger partial charge in [0.2, 0.25) is 0 Å². The summed E-state index contributed by atoms with van der Waals surface area (Å²) >= 11 is 3.19. The SMILES string of the molecule is CC(C)OCCOC(=O)c1cccc(Br)n1. The predicted octanol–water partition coefficient (Wildman–Crippen LogP) is 2.43. The molecule has 0 N–H and O–H groups in total. The number of carbonyl (C=O) groups excluding carboxylic acids is 1. The highest BCUT2D eigenvalue weighted by atomic mass is 79.9. The second-order valence-corrected chi connectivity index (χ2v) is 4.21. The minimum Gasteiger partial charge on any atom is -0.459 e. The molecular weight excluding hydrogens is 274 g/mol. The molecule has 1 rings (SSSR count). The van der Waals surface area contributed by atoms with E-state index in [0.717, 1.165) is 0 Å². The number of halogens is 1. The largest absolute Gasteiger partial charge is 0.459 e. The lowest BCUT2D eigenvalue weighted by atomic mass is 10.3. The summed E-state index contributed by atoms with van der Waals surface area (Å²) < 4.78 is 10.8. The van der Waals surface area contributed by atoms with E-state index in [1.54, 1.807) is 18.2 Å². The van der Waals surface area contributed by atoms with Crippen LogP contribution in [0.2, 0.25) is 0 Å². The van der Waals surface area contributed by atoms with Crippen LogP contribution < -0.4 is 0 Å². The molecule has 0 radical (unpaired) electrons. The van der Waals surface area contributed by atoms with Crippen molar-refractivity contribution in [3.05, 3.63) is 28.5 Å². The smallest absolute Gasteiger partial charge is 0.357 e. The Balaban J connectivity index is 2.35. The summed E-state index contributed by atoms with van der Waals surface area (Å²) in [5.74, 6) is -0.436. The van der Waals surface area contributed by atoms with Gasteiger partial charge in [0.1, 0.15) is 16.9 Å². The van der Waals surface area contributed by atoms with Gasteiger partial charge in [-0.05, 0) is 41.9 Å². The van der Waals surface area contributed by atoms with Crippen molar-refractivity contribution in [3.63, 3.8) is 0 Å². The first-order chi connectivity index (χ1) is 7.59. The molecule has 0 unspecified atom stereocenters. The van der Waals surface area contributed by atoms with Gasteiger partial charge in [-0.2, -0.15) is 0 Å². The summed E-state index contributed by atoms with van der Waals surface area (Å²) in [4.78, 5) is 15.5. The molecule has 0 bridgehead atoms. The van der Waals surface area contributed by atoms with Crippen LogP contribution in [0, 0.1) is 0 Å². The molecule has 1 aromatic heterocycles. The number of aromatic nitrogens is 1. The maximum atomic E-state index is 11.5. The van der Waals surface area contributed by atoms with E-state index in [1.165, 1.54) is 0 Å². The molecule has 0 aliphatic carbocycles. The van der Waals surface area contributed by atoms with E-state index in [4.69, 9.17) is 9.47 Å². The highest BCUT2D eigenvalue weighted by molar-refractivity contribution is 9.10. The Bertz CT molecular complexity index is 355. The minimum atomic E-state index is -0.436. The van der Waals surface area contributed by atoms with Crippen LogP contribution in [0.25, 0.3) is 0 Å². The molecular formula is C11H14BrNO3. The molecule has 0 saturated carbocycles. The van der Waals surface area contributed by atoms with Crippen molar-refractivity contribution in [2.75, 3.05) is 13.2 Å². The predicted molar refractivity (Wildman–Crippen MR) is 63.3 cm³/mol. The van der Waals surface area contributed by atoms with Crippen LogP contribution in [-0.4, -0.2) is 30.3 Å². The van der Waals surface area contributed by atoms with Gasteiger partial charge in [-0.3, -0.25) is 0 Å². The number of esters is 1. The summed E-state index contributed by atoms with van der Waals surface area (Å²) in [7, 11) is 0. The quantitative estimate of drug-likeness (QED) is 0.474. The molecule has 0 aromatic carbocycles. The highest BCUT2D eigenvalue weighted by Crippen LogP contribution is 2.07. The molecule has 16 heavy (non-hydrogen) atoms. The first kappa shape index (κ1) is 13.1. The first-order valence-electron chi connectivity index (χ1n) is 5.01. The Labute approximate surface area is 103 Å². The fourth-order valence-electron chi connectivity index (χ4n) is 1.01. The molecule has 0 amide bonds. The van der Waals surface area contributed by atoms with Gasteiger partial charge in [0.15, 0.2) is 0 Å². The van der Waals surface area contributed by atoms with Gasteiger partial charge >= 0.3 is 5.97 Å². The monoisotopic (exact) mass is 287 g/mol. The Morgan fingerprint density at radius 3 is 2.81 bits per heavy atom. The molecule has 4 nitrogen and oxygen atoms in total. The lowest BCUT2D eigenvalue weighted by molar-refractivity contribution is 0.0172. The molecule has 88 valence electrons. The van der Waals surface area contributed by atoms with Crippen LogP contribution in [0.4, 0.5) is 0 Å². The summed E-state index contributed by atoms with van der Waals surface area (Å²) in [6.45, 7) is 4.50. The zero-order chi connectivity index (χ0) is 12.0. The number of hydrogen-bond donors (Lipinski definition) is 0.